The molecule has 0 fully saturated rings. The lowest BCUT2D eigenvalue weighted by molar-refractivity contribution is -0.109. The summed E-state index contributed by atoms with van der Waals surface area (Å²) in [7, 11) is -8.26. The third-order valence-corrected chi connectivity index (χ3v) is 8.90. The van der Waals surface area contributed by atoms with Gasteiger partial charge in [0.1, 0.15) is 26.9 Å². The van der Waals surface area contributed by atoms with Gasteiger partial charge in [0.2, 0.25) is 6.41 Å². The number of nitrogens with one attached hydrogen (secondary N) is 4. The van der Waals surface area contributed by atoms with Gasteiger partial charge in [-0.2, -0.15) is 16.8 Å². The van der Waals surface area contributed by atoms with E-state index in [9.17, 15) is 30.7 Å². The summed E-state index contributed by atoms with van der Waals surface area (Å²) >= 11 is 13.4. The molecule has 0 unspecified atom stereocenters. The monoisotopic (exact) mass is 702 g/mol. The molecule has 45 heavy (non-hydrogen) atoms. The molecule has 2 aromatic carbocycles. The molecule has 3 aliphatic rings. The van der Waals surface area contributed by atoms with Crippen LogP contribution in [0.3, 0.4) is 0 Å². The van der Waals surface area contributed by atoms with Crippen LogP contribution in [0.5, 0.6) is 11.5 Å². The van der Waals surface area contributed by atoms with E-state index in [1.54, 1.807) is 0 Å². The number of methoxy groups -OCH3 is 1. The fourth-order valence-electron chi connectivity index (χ4n) is 4.51. The fraction of sp³-hybridized carbons (Fsp3) is 0.240. The first-order chi connectivity index (χ1) is 21.4. The van der Waals surface area contributed by atoms with Crippen molar-refractivity contribution in [1.29, 1.82) is 0 Å². The van der Waals surface area contributed by atoms with Crippen molar-refractivity contribution in [2.75, 3.05) is 50.7 Å². The van der Waals surface area contributed by atoms with Gasteiger partial charge in [0.05, 0.1) is 30.0 Å². The van der Waals surface area contributed by atoms with Crippen molar-refractivity contribution >= 4 is 78.0 Å². The van der Waals surface area contributed by atoms with Gasteiger partial charge >= 0.3 is 10.1 Å². The molecule has 5 rings (SSSR count). The average molecular weight is 704 g/mol. The SMILES string of the molecule is COCNCCN=c1ccc2nc3c(Cl)c4c(c(Cl)c3oc-2c1S(=O)(=O)O)Nc1ccc(NCCNC=O)c(S(=O)(=O)O)c1O4. The maximum atomic E-state index is 12.5. The Morgan fingerprint density at radius 1 is 1.02 bits per heavy atom. The third-order valence-electron chi connectivity index (χ3n) is 6.35. The summed E-state index contributed by atoms with van der Waals surface area (Å²) < 4.78 is 86.8. The van der Waals surface area contributed by atoms with Gasteiger partial charge in [-0.3, -0.25) is 24.2 Å². The van der Waals surface area contributed by atoms with E-state index in [4.69, 9.17) is 37.1 Å². The first kappa shape index (κ1) is 32.6. The van der Waals surface area contributed by atoms with E-state index in [2.05, 4.69) is 31.2 Å². The molecule has 0 radical (unpaired) electrons. The first-order valence-electron chi connectivity index (χ1n) is 12.8. The van der Waals surface area contributed by atoms with Crippen LogP contribution in [0.4, 0.5) is 17.1 Å². The van der Waals surface area contributed by atoms with Crippen LogP contribution < -0.4 is 31.4 Å². The lowest BCUT2D eigenvalue weighted by Crippen LogP contribution is -2.23. The van der Waals surface area contributed by atoms with Crippen molar-refractivity contribution in [3.8, 4) is 23.0 Å². The van der Waals surface area contributed by atoms with Gasteiger partial charge < -0.3 is 29.8 Å². The van der Waals surface area contributed by atoms with Crippen molar-refractivity contribution in [3.05, 3.63) is 39.7 Å². The quantitative estimate of drug-likeness (QED) is 0.0361. The highest BCUT2D eigenvalue weighted by Crippen LogP contribution is 2.55. The Morgan fingerprint density at radius 2 is 1.78 bits per heavy atom. The highest BCUT2D eigenvalue weighted by atomic mass is 35.5. The Hall–Kier alpha value is -3.75. The number of fused-ring (bicyclic) bond motifs is 4. The largest absolute Gasteiger partial charge is 0.450 e. The molecule has 1 aliphatic carbocycles. The van der Waals surface area contributed by atoms with Gasteiger partial charge in [0, 0.05) is 26.7 Å². The van der Waals surface area contributed by atoms with E-state index in [1.165, 1.54) is 31.4 Å². The van der Waals surface area contributed by atoms with Crippen LogP contribution in [-0.4, -0.2) is 77.4 Å². The molecule has 240 valence electrons. The number of hydrogen-bond donors (Lipinski definition) is 6. The second kappa shape index (κ2) is 12.9. The number of ether oxygens (including phenoxy) is 2. The zero-order chi connectivity index (χ0) is 32.5. The number of carbonyl (C=O) groups is 1. The van der Waals surface area contributed by atoms with E-state index in [-0.39, 0.29) is 92.9 Å². The molecule has 0 aromatic heterocycles. The van der Waals surface area contributed by atoms with Gasteiger partial charge in [-0.15, -0.1) is 0 Å². The second-order valence-corrected chi connectivity index (χ2v) is 12.8. The van der Waals surface area contributed by atoms with E-state index in [0.717, 1.165) is 0 Å². The molecular formula is C25H24Cl2N6O10S2. The number of anilines is 3. The van der Waals surface area contributed by atoms with Gasteiger partial charge in [-0.1, -0.05) is 23.2 Å². The molecule has 0 saturated carbocycles. The minimum atomic E-state index is -4.89. The number of benzene rings is 3. The van der Waals surface area contributed by atoms with Crippen LogP contribution in [0.2, 0.25) is 10.0 Å². The number of hydrogen-bond acceptors (Lipinski definition) is 13. The van der Waals surface area contributed by atoms with Crippen molar-refractivity contribution < 1.29 is 44.6 Å². The lowest BCUT2D eigenvalue weighted by atomic mass is 10.1. The number of rotatable bonds is 12. The van der Waals surface area contributed by atoms with Gasteiger partial charge in [0.15, 0.2) is 32.6 Å². The molecule has 0 spiro atoms. The standard InChI is InChI=1S/C25H24Cl2N6O10S2/c1-41-11-29-7-9-31-15-5-3-13-21(25(15)45(38,39)40)43-23-17(27)18-22(16(26)19(23)33-13)42-20-12(32-18)2-4-14(24(20)44(35,36)37)30-8-6-28-10-34/h2-5,10,29-30,32H,6-9,11H2,1H3,(H,28,34)(H,35,36,37)(H,38,39,40). The predicted molar refractivity (Wildman–Crippen MR) is 163 cm³/mol. The smallest absolute Gasteiger partial charge is 0.300 e. The lowest BCUT2D eigenvalue weighted by Gasteiger charge is -2.26. The van der Waals surface area contributed by atoms with E-state index in [0.29, 0.717) is 13.0 Å². The number of halogens is 2. The Morgan fingerprint density at radius 3 is 2.47 bits per heavy atom. The molecule has 0 bridgehead atoms. The molecule has 16 nitrogen and oxygen atoms in total. The van der Waals surface area contributed by atoms with Crippen molar-refractivity contribution in [2.24, 2.45) is 4.99 Å². The molecule has 0 saturated heterocycles. The number of aromatic nitrogens is 1. The molecule has 0 atom stereocenters. The molecule has 6 N–H and O–H groups in total. The van der Waals surface area contributed by atoms with E-state index >= 15 is 0 Å². The maximum absolute atomic E-state index is 12.5. The minimum absolute atomic E-state index is 0.0159. The molecular weight excluding hydrogens is 679 g/mol. The van der Waals surface area contributed by atoms with E-state index < -0.39 is 30.0 Å². The van der Waals surface area contributed by atoms with Crippen LogP contribution in [0.15, 0.2) is 43.5 Å². The van der Waals surface area contributed by atoms with Gasteiger partial charge in [-0.25, -0.2) is 4.98 Å². The van der Waals surface area contributed by atoms with Gasteiger partial charge in [0.25, 0.3) is 10.1 Å². The topological polar surface area (TPSA) is 231 Å². The number of amides is 1. The van der Waals surface area contributed by atoms with Crippen molar-refractivity contribution in [2.45, 2.75) is 9.79 Å². The highest BCUT2D eigenvalue weighted by molar-refractivity contribution is 7.86. The maximum Gasteiger partial charge on any atom is 0.300 e. The normalized spacial score (nSPS) is 13.2. The average Bonchev–Trinajstić information content (AvgIpc) is 2.98. The Bertz CT molecular complexity index is 2070. The number of nitrogens with zero attached hydrogens (tertiary/aromatic N) is 2. The molecule has 2 heterocycles. The predicted octanol–water partition coefficient (Wildman–Crippen LogP) is 2.83. The highest BCUT2D eigenvalue weighted by Gasteiger charge is 2.34. The van der Waals surface area contributed by atoms with Crippen LogP contribution in [0, 0.1) is 0 Å². The molecule has 1 amide bonds. The van der Waals surface area contributed by atoms with Crippen LogP contribution >= 0.6 is 23.2 Å². The summed E-state index contributed by atoms with van der Waals surface area (Å²) in [5.41, 5.74) is -0.253. The molecule has 2 aliphatic heterocycles. The number of carbonyl (C=O) groups excluding carboxylic acids is 1. The van der Waals surface area contributed by atoms with Crippen molar-refractivity contribution in [1.82, 2.24) is 15.6 Å². The minimum Gasteiger partial charge on any atom is -0.450 e. The van der Waals surface area contributed by atoms with Crippen molar-refractivity contribution in [3.63, 3.8) is 0 Å². The summed E-state index contributed by atoms with van der Waals surface area (Å²) in [5, 5.41) is 10.6. The third kappa shape index (κ3) is 6.49. The zero-order valence-electron chi connectivity index (χ0n) is 23.0. The first-order valence-corrected chi connectivity index (χ1v) is 16.5. The summed E-state index contributed by atoms with van der Waals surface area (Å²) in [6.45, 7) is 1.01. The summed E-state index contributed by atoms with van der Waals surface area (Å²) in [6, 6.07) is 5.53. The summed E-state index contributed by atoms with van der Waals surface area (Å²) in [6.07, 6.45) is 0.475. The second-order valence-electron chi connectivity index (χ2n) is 9.30. The van der Waals surface area contributed by atoms with E-state index in [1.807, 2.05) is 0 Å². The van der Waals surface area contributed by atoms with Gasteiger partial charge in [-0.05, 0) is 24.3 Å². The van der Waals surface area contributed by atoms with Crippen LogP contribution in [0.1, 0.15) is 0 Å². The van der Waals surface area contributed by atoms with Crippen LogP contribution in [0.25, 0.3) is 22.6 Å². The Balaban J connectivity index is 1.66. The Labute approximate surface area is 265 Å². The molecule has 2 aromatic rings. The summed E-state index contributed by atoms with van der Waals surface area (Å²) in [4.78, 5) is 17.9. The van der Waals surface area contributed by atoms with Crippen LogP contribution in [-0.2, 0) is 29.8 Å². The fourth-order valence-corrected chi connectivity index (χ4v) is 6.62. The zero-order valence-corrected chi connectivity index (χ0v) is 26.2. The molecule has 20 heteroatoms. The Kier molecular flexibility index (Phi) is 9.38. The summed E-state index contributed by atoms with van der Waals surface area (Å²) in [5.74, 6) is -0.827.